The van der Waals surface area contributed by atoms with E-state index in [9.17, 15) is 23.9 Å². The predicted octanol–water partition coefficient (Wildman–Crippen LogP) is 0.675. The number of anilines is 2. The number of amides is 3. The summed E-state index contributed by atoms with van der Waals surface area (Å²) in [6.07, 6.45) is -2.38. The van der Waals surface area contributed by atoms with Gasteiger partial charge in [0.25, 0.3) is 17.7 Å². The first-order valence-electron chi connectivity index (χ1n) is 12.3. The van der Waals surface area contributed by atoms with Crippen LogP contribution in [-0.2, 0) is 32.0 Å². The number of halogens is 1. The lowest BCUT2D eigenvalue weighted by Crippen LogP contribution is -2.55. The second kappa shape index (κ2) is 10.9. The standard InChI is InChI=1S/C26H29FN4O6/c27-21-4-3-19(14-20(21)25(34)30-7-10-36-11-8-30)31-9-12-37-23(26(31)35)22(32)24(33)29-18-2-1-17-15-28-6-5-16(17)13-18/h1-4,13-14,22-23,28,32H,5-12,15H2,(H,29,33)/t22-,23-/m1/s1. The smallest absolute Gasteiger partial charge is 0.259 e. The number of nitrogens with one attached hydrogen (secondary N) is 2. The third-order valence-corrected chi connectivity index (χ3v) is 6.83. The van der Waals surface area contributed by atoms with E-state index < -0.39 is 35.7 Å². The van der Waals surface area contributed by atoms with Gasteiger partial charge in [0.1, 0.15) is 5.82 Å². The average Bonchev–Trinajstić information content (AvgIpc) is 2.93. The summed E-state index contributed by atoms with van der Waals surface area (Å²) in [5.74, 6) is -2.60. The third kappa shape index (κ3) is 5.35. The molecule has 10 nitrogen and oxygen atoms in total. The van der Waals surface area contributed by atoms with Crippen LogP contribution in [0.2, 0.25) is 0 Å². The molecule has 0 radical (unpaired) electrons. The molecule has 0 saturated carbocycles. The van der Waals surface area contributed by atoms with Crippen molar-refractivity contribution in [1.82, 2.24) is 10.2 Å². The highest BCUT2D eigenvalue weighted by atomic mass is 19.1. The van der Waals surface area contributed by atoms with Crippen LogP contribution in [0.3, 0.4) is 0 Å². The van der Waals surface area contributed by atoms with E-state index >= 15 is 0 Å². The van der Waals surface area contributed by atoms with Crippen molar-refractivity contribution in [2.24, 2.45) is 0 Å². The highest BCUT2D eigenvalue weighted by Gasteiger charge is 2.39. The number of morpholine rings is 2. The molecule has 0 unspecified atom stereocenters. The summed E-state index contributed by atoms with van der Waals surface area (Å²) in [4.78, 5) is 41.7. The van der Waals surface area contributed by atoms with E-state index in [1.807, 2.05) is 12.1 Å². The Morgan fingerprint density at radius 1 is 1.08 bits per heavy atom. The fourth-order valence-electron chi connectivity index (χ4n) is 4.78. The van der Waals surface area contributed by atoms with E-state index in [1.165, 1.54) is 21.9 Å². The molecule has 0 spiro atoms. The Kier molecular flexibility index (Phi) is 7.47. The van der Waals surface area contributed by atoms with Gasteiger partial charge in [0.05, 0.1) is 25.4 Å². The van der Waals surface area contributed by atoms with Gasteiger partial charge in [0.2, 0.25) is 0 Å². The van der Waals surface area contributed by atoms with E-state index in [4.69, 9.17) is 9.47 Å². The minimum absolute atomic E-state index is 0.0523. The Morgan fingerprint density at radius 3 is 2.70 bits per heavy atom. The maximum atomic E-state index is 14.6. The molecule has 2 saturated heterocycles. The van der Waals surface area contributed by atoms with Gasteiger partial charge in [-0.3, -0.25) is 14.4 Å². The van der Waals surface area contributed by atoms with Crippen LogP contribution < -0.4 is 15.5 Å². The zero-order valence-corrected chi connectivity index (χ0v) is 20.2. The molecule has 3 aliphatic rings. The molecular weight excluding hydrogens is 483 g/mol. The molecular formula is C26H29FN4O6. The lowest BCUT2D eigenvalue weighted by Gasteiger charge is -2.34. The van der Waals surface area contributed by atoms with Gasteiger partial charge in [-0.25, -0.2) is 4.39 Å². The molecule has 3 heterocycles. The van der Waals surface area contributed by atoms with Gasteiger partial charge in [0.15, 0.2) is 12.2 Å². The summed E-state index contributed by atoms with van der Waals surface area (Å²) in [5.41, 5.74) is 2.91. The molecule has 2 aromatic rings. The number of aliphatic hydroxyl groups is 1. The van der Waals surface area contributed by atoms with Crippen LogP contribution in [0.25, 0.3) is 0 Å². The van der Waals surface area contributed by atoms with Crippen LogP contribution in [0, 0.1) is 5.82 Å². The van der Waals surface area contributed by atoms with E-state index in [-0.39, 0.29) is 24.4 Å². The molecule has 3 amide bonds. The molecule has 0 aliphatic carbocycles. The summed E-state index contributed by atoms with van der Waals surface area (Å²) in [7, 11) is 0. The van der Waals surface area contributed by atoms with Crippen LogP contribution >= 0.6 is 0 Å². The topological polar surface area (TPSA) is 120 Å². The quantitative estimate of drug-likeness (QED) is 0.539. The van der Waals surface area contributed by atoms with Crippen LogP contribution in [0.15, 0.2) is 36.4 Å². The van der Waals surface area contributed by atoms with Gasteiger partial charge in [-0.2, -0.15) is 0 Å². The van der Waals surface area contributed by atoms with Crippen LogP contribution in [0.4, 0.5) is 15.8 Å². The molecule has 196 valence electrons. The van der Waals surface area contributed by atoms with E-state index in [1.54, 1.807) is 6.07 Å². The number of fused-ring (bicyclic) bond motifs is 1. The molecule has 3 N–H and O–H groups in total. The normalized spacial score (nSPS) is 20.8. The highest BCUT2D eigenvalue weighted by Crippen LogP contribution is 2.25. The molecule has 0 bridgehead atoms. The van der Waals surface area contributed by atoms with Crippen molar-refractivity contribution in [3.05, 3.63) is 58.9 Å². The van der Waals surface area contributed by atoms with Gasteiger partial charge in [0, 0.05) is 37.6 Å². The van der Waals surface area contributed by atoms with Crippen molar-refractivity contribution < 1.29 is 33.4 Å². The number of hydrogen-bond acceptors (Lipinski definition) is 7. The largest absolute Gasteiger partial charge is 0.380 e. The van der Waals surface area contributed by atoms with Crippen LogP contribution in [-0.4, -0.2) is 85.9 Å². The van der Waals surface area contributed by atoms with Crippen molar-refractivity contribution in [2.45, 2.75) is 25.2 Å². The van der Waals surface area contributed by atoms with E-state index in [2.05, 4.69) is 10.6 Å². The first-order valence-corrected chi connectivity index (χ1v) is 12.3. The van der Waals surface area contributed by atoms with Crippen LogP contribution in [0.1, 0.15) is 21.5 Å². The van der Waals surface area contributed by atoms with Gasteiger partial charge in [-0.15, -0.1) is 0 Å². The fraction of sp³-hybridized carbons (Fsp3) is 0.423. The lowest BCUT2D eigenvalue weighted by molar-refractivity contribution is -0.150. The first kappa shape index (κ1) is 25.3. The van der Waals surface area contributed by atoms with Crippen molar-refractivity contribution in [1.29, 1.82) is 0 Å². The number of aliphatic hydroxyl groups excluding tert-OH is 1. The van der Waals surface area contributed by atoms with Gasteiger partial charge in [-0.05, 0) is 54.4 Å². The fourth-order valence-corrected chi connectivity index (χ4v) is 4.78. The Balaban J connectivity index is 1.29. The number of carbonyl (C=O) groups is 3. The maximum absolute atomic E-state index is 14.6. The zero-order chi connectivity index (χ0) is 25.9. The number of carbonyl (C=O) groups excluding carboxylic acids is 3. The second-order valence-electron chi connectivity index (χ2n) is 9.19. The summed E-state index contributed by atoms with van der Waals surface area (Å²) >= 11 is 0. The Labute approximate surface area is 213 Å². The lowest BCUT2D eigenvalue weighted by atomic mass is 10.0. The summed E-state index contributed by atoms with van der Waals surface area (Å²) in [6.45, 7) is 3.23. The molecule has 0 aromatic heterocycles. The zero-order valence-electron chi connectivity index (χ0n) is 20.2. The first-order chi connectivity index (χ1) is 17.9. The number of nitrogens with zero attached hydrogens (tertiary/aromatic N) is 2. The summed E-state index contributed by atoms with van der Waals surface area (Å²) < 4.78 is 25.3. The molecule has 37 heavy (non-hydrogen) atoms. The van der Waals surface area contributed by atoms with Gasteiger partial charge < -0.3 is 35.0 Å². The molecule has 5 rings (SSSR count). The van der Waals surface area contributed by atoms with Crippen molar-refractivity contribution in [2.75, 3.05) is 56.2 Å². The van der Waals surface area contributed by atoms with Gasteiger partial charge >= 0.3 is 0 Å². The Morgan fingerprint density at radius 2 is 1.89 bits per heavy atom. The molecule has 3 aliphatic heterocycles. The van der Waals surface area contributed by atoms with E-state index in [0.717, 1.165) is 36.7 Å². The molecule has 2 fully saturated rings. The monoisotopic (exact) mass is 512 g/mol. The Hall–Kier alpha value is -3.38. The van der Waals surface area contributed by atoms with Crippen LogP contribution in [0.5, 0.6) is 0 Å². The van der Waals surface area contributed by atoms with Crippen molar-refractivity contribution in [3.8, 4) is 0 Å². The average molecular weight is 513 g/mol. The third-order valence-electron chi connectivity index (χ3n) is 6.83. The SMILES string of the molecule is O=C(Nc1ccc2c(c1)CCNC2)[C@H](O)[C@H]1OCCN(c2ccc(F)c(C(=O)N3CCOCC3)c2)C1=O. The summed E-state index contributed by atoms with van der Waals surface area (Å²) in [6, 6.07) is 9.37. The highest BCUT2D eigenvalue weighted by molar-refractivity contribution is 6.04. The number of benzene rings is 2. The molecule has 2 aromatic carbocycles. The van der Waals surface area contributed by atoms with Crippen molar-refractivity contribution >= 4 is 29.1 Å². The van der Waals surface area contributed by atoms with Gasteiger partial charge in [-0.1, -0.05) is 6.07 Å². The minimum Gasteiger partial charge on any atom is -0.380 e. The van der Waals surface area contributed by atoms with Crippen molar-refractivity contribution in [3.63, 3.8) is 0 Å². The molecule has 2 atom stereocenters. The maximum Gasteiger partial charge on any atom is 0.259 e. The summed E-state index contributed by atoms with van der Waals surface area (Å²) in [5, 5.41) is 16.7. The minimum atomic E-state index is -1.76. The van der Waals surface area contributed by atoms with E-state index in [0.29, 0.717) is 32.0 Å². The second-order valence-corrected chi connectivity index (χ2v) is 9.19. The Bertz CT molecular complexity index is 1200. The molecule has 11 heteroatoms. The number of rotatable bonds is 5. The number of hydrogen-bond donors (Lipinski definition) is 3. The predicted molar refractivity (Wildman–Crippen MR) is 132 cm³/mol. The number of ether oxygens (including phenoxy) is 2.